The molecule has 0 aliphatic carbocycles. The Balaban J connectivity index is 1.68. The lowest BCUT2D eigenvalue weighted by Crippen LogP contribution is -2.44. The number of morpholine rings is 1. The highest BCUT2D eigenvalue weighted by molar-refractivity contribution is 5.93. The second-order valence-corrected chi connectivity index (χ2v) is 6.50. The summed E-state index contributed by atoms with van der Waals surface area (Å²) in [6.07, 6.45) is -0.295. The number of carbonyl (C=O) groups excluding carboxylic acids is 2. The number of hydrogen-bond acceptors (Lipinski definition) is 3. The van der Waals surface area contributed by atoms with Crippen molar-refractivity contribution in [1.29, 1.82) is 0 Å². The molecule has 1 unspecified atom stereocenters. The zero-order chi connectivity index (χ0) is 19.4. The SMILES string of the molecule is CC(=O)Nc1ccc(C)c(NC(=O)N2CCOC(c3ccc(F)cc3)C2)c1. The van der Waals surface area contributed by atoms with E-state index in [1.807, 2.05) is 13.0 Å². The minimum absolute atomic E-state index is 0.175. The van der Waals surface area contributed by atoms with Crippen LogP contribution in [0.4, 0.5) is 20.6 Å². The van der Waals surface area contributed by atoms with Crippen molar-refractivity contribution >= 4 is 23.3 Å². The number of hydrogen-bond donors (Lipinski definition) is 2. The van der Waals surface area contributed by atoms with E-state index in [9.17, 15) is 14.0 Å². The maximum Gasteiger partial charge on any atom is 0.322 e. The van der Waals surface area contributed by atoms with Crippen molar-refractivity contribution in [3.63, 3.8) is 0 Å². The summed E-state index contributed by atoms with van der Waals surface area (Å²) < 4.78 is 18.8. The first-order valence-electron chi connectivity index (χ1n) is 8.73. The number of amides is 3. The van der Waals surface area contributed by atoms with Crippen molar-refractivity contribution in [1.82, 2.24) is 4.90 Å². The standard InChI is InChI=1S/C20H22FN3O3/c1-13-3-8-17(22-14(2)25)11-18(13)23-20(26)24-9-10-27-19(12-24)15-4-6-16(21)7-5-15/h3-8,11,19H,9-10,12H2,1-2H3,(H,22,25)(H,23,26). The lowest BCUT2D eigenvalue weighted by Gasteiger charge is -2.33. The number of urea groups is 1. The first-order chi connectivity index (χ1) is 12.9. The van der Waals surface area contributed by atoms with Crippen LogP contribution in [0.1, 0.15) is 24.2 Å². The zero-order valence-corrected chi connectivity index (χ0v) is 15.3. The molecule has 1 aliphatic heterocycles. The normalized spacial score (nSPS) is 16.7. The summed E-state index contributed by atoms with van der Waals surface area (Å²) in [6.45, 7) is 4.56. The summed E-state index contributed by atoms with van der Waals surface area (Å²) in [5, 5.41) is 5.60. The molecule has 1 heterocycles. The fourth-order valence-corrected chi connectivity index (χ4v) is 2.94. The Morgan fingerprint density at radius 1 is 1.15 bits per heavy atom. The van der Waals surface area contributed by atoms with Gasteiger partial charge in [0.15, 0.2) is 0 Å². The average molecular weight is 371 g/mol. The van der Waals surface area contributed by atoms with Gasteiger partial charge >= 0.3 is 6.03 Å². The van der Waals surface area contributed by atoms with Crippen molar-refractivity contribution in [2.24, 2.45) is 0 Å². The molecule has 1 aliphatic rings. The van der Waals surface area contributed by atoms with Gasteiger partial charge in [0.1, 0.15) is 11.9 Å². The number of halogens is 1. The topological polar surface area (TPSA) is 70.7 Å². The van der Waals surface area contributed by atoms with Crippen molar-refractivity contribution in [3.8, 4) is 0 Å². The molecular weight excluding hydrogens is 349 g/mol. The average Bonchev–Trinajstić information content (AvgIpc) is 2.65. The summed E-state index contributed by atoms with van der Waals surface area (Å²) in [5.74, 6) is -0.481. The third kappa shape index (κ3) is 4.83. The summed E-state index contributed by atoms with van der Waals surface area (Å²) in [4.78, 5) is 25.6. The minimum Gasteiger partial charge on any atom is -0.370 e. The molecule has 0 radical (unpaired) electrons. The van der Waals surface area contributed by atoms with Gasteiger partial charge in [-0.15, -0.1) is 0 Å². The van der Waals surface area contributed by atoms with Crippen molar-refractivity contribution in [2.45, 2.75) is 20.0 Å². The van der Waals surface area contributed by atoms with Crippen LogP contribution in [-0.2, 0) is 9.53 Å². The first-order valence-corrected chi connectivity index (χ1v) is 8.73. The van der Waals surface area contributed by atoms with E-state index in [-0.39, 0.29) is 23.9 Å². The molecule has 0 saturated carbocycles. The van der Waals surface area contributed by atoms with Crippen molar-refractivity contribution < 1.29 is 18.7 Å². The molecule has 3 amide bonds. The third-order valence-electron chi connectivity index (χ3n) is 4.39. The van der Waals surface area contributed by atoms with E-state index in [0.717, 1.165) is 11.1 Å². The van der Waals surface area contributed by atoms with Crippen LogP contribution < -0.4 is 10.6 Å². The Hall–Kier alpha value is -2.93. The van der Waals surface area contributed by atoms with Gasteiger partial charge in [-0.05, 0) is 42.3 Å². The highest BCUT2D eigenvalue weighted by Gasteiger charge is 2.25. The number of carbonyl (C=O) groups is 2. The molecule has 0 aromatic heterocycles. The van der Waals surface area contributed by atoms with Crippen LogP contribution in [0.2, 0.25) is 0 Å². The number of nitrogens with one attached hydrogen (secondary N) is 2. The van der Waals surface area contributed by atoms with Crippen LogP contribution in [0.5, 0.6) is 0 Å². The molecule has 0 spiro atoms. The molecule has 7 heteroatoms. The van der Waals surface area contributed by atoms with Crippen molar-refractivity contribution in [2.75, 3.05) is 30.3 Å². The first kappa shape index (κ1) is 18.8. The Kier molecular flexibility index (Phi) is 5.71. The quantitative estimate of drug-likeness (QED) is 0.864. The number of rotatable bonds is 3. The summed E-state index contributed by atoms with van der Waals surface area (Å²) in [5.41, 5.74) is 2.98. The lowest BCUT2D eigenvalue weighted by atomic mass is 10.1. The van der Waals surface area contributed by atoms with E-state index in [4.69, 9.17) is 4.74 Å². The molecule has 3 rings (SSSR count). The van der Waals surface area contributed by atoms with Crippen LogP contribution in [0.15, 0.2) is 42.5 Å². The summed E-state index contributed by atoms with van der Waals surface area (Å²) in [6, 6.07) is 11.2. The maximum atomic E-state index is 13.1. The molecule has 2 aromatic rings. The van der Waals surface area contributed by atoms with Gasteiger partial charge in [-0.1, -0.05) is 18.2 Å². The second kappa shape index (κ2) is 8.18. The number of nitrogens with zero attached hydrogens (tertiary/aromatic N) is 1. The molecule has 142 valence electrons. The molecule has 0 bridgehead atoms. The fourth-order valence-electron chi connectivity index (χ4n) is 2.94. The maximum absolute atomic E-state index is 13.1. The Bertz CT molecular complexity index is 839. The molecule has 6 nitrogen and oxygen atoms in total. The number of anilines is 2. The van der Waals surface area contributed by atoms with Gasteiger partial charge in [-0.25, -0.2) is 9.18 Å². The Morgan fingerprint density at radius 2 is 1.89 bits per heavy atom. The summed E-state index contributed by atoms with van der Waals surface area (Å²) in [7, 11) is 0. The number of ether oxygens (including phenoxy) is 1. The molecule has 1 atom stereocenters. The van der Waals surface area contributed by atoms with Crippen LogP contribution in [0.25, 0.3) is 0 Å². The van der Waals surface area contributed by atoms with E-state index in [1.54, 1.807) is 29.2 Å². The predicted molar refractivity (Wildman–Crippen MR) is 101 cm³/mol. The highest BCUT2D eigenvalue weighted by atomic mass is 19.1. The zero-order valence-electron chi connectivity index (χ0n) is 15.3. The van der Waals surface area contributed by atoms with E-state index in [1.165, 1.54) is 19.1 Å². The van der Waals surface area contributed by atoms with Crippen LogP contribution in [-0.4, -0.2) is 36.5 Å². The molecule has 2 N–H and O–H groups in total. The van der Waals surface area contributed by atoms with Crippen LogP contribution in [0.3, 0.4) is 0 Å². The second-order valence-electron chi connectivity index (χ2n) is 6.50. The molecule has 2 aromatic carbocycles. The summed E-state index contributed by atoms with van der Waals surface area (Å²) >= 11 is 0. The van der Waals surface area contributed by atoms with Gasteiger partial charge in [-0.3, -0.25) is 4.79 Å². The third-order valence-corrected chi connectivity index (χ3v) is 4.39. The van der Waals surface area contributed by atoms with Gasteiger partial charge in [0.05, 0.1) is 13.2 Å². The van der Waals surface area contributed by atoms with E-state index in [2.05, 4.69) is 10.6 Å². The van der Waals surface area contributed by atoms with E-state index >= 15 is 0 Å². The van der Waals surface area contributed by atoms with Gasteiger partial charge in [0, 0.05) is 24.8 Å². The number of aryl methyl sites for hydroxylation is 1. The van der Waals surface area contributed by atoms with Gasteiger partial charge in [0.25, 0.3) is 0 Å². The lowest BCUT2D eigenvalue weighted by molar-refractivity contribution is -0.114. The molecule has 27 heavy (non-hydrogen) atoms. The highest BCUT2D eigenvalue weighted by Crippen LogP contribution is 2.24. The van der Waals surface area contributed by atoms with Crippen molar-refractivity contribution in [3.05, 3.63) is 59.4 Å². The monoisotopic (exact) mass is 371 g/mol. The van der Waals surface area contributed by atoms with E-state index < -0.39 is 0 Å². The Morgan fingerprint density at radius 3 is 2.59 bits per heavy atom. The fraction of sp³-hybridized carbons (Fsp3) is 0.300. The minimum atomic E-state index is -0.307. The number of benzene rings is 2. The largest absolute Gasteiger partial charge is 0.370 e. The molecule has 1 fully saturated rings. The van der Waals surface area contributed by atoms with Crippen LogP contribution in [0, 0.1) is 12.7 Å². The van der Waals surface area contributed by atoms with Crippen LogP contribution >= 0.6 is 0 Å². The smallest absolute Gasteiger partial charge is 0.322 e. The molecular formula is C20H22FN3O3. The molecule has 1 saturated heterocycles. The van der Waals surface area contributed by atoms with Gasteiger partial charge in [-0.2, -0.15) is 0 Å². The van der Waals surface area contributed by atoms with Gasteiger partial charge in [0.2, 0.25) is 5.91 Å². The van der Waals surface area contributed by atoms with Gasteiger partial charge < -0.3 is 20.3 Å². The van der Waals surface area contributed by atoms with E-state index in [0.29, 0.717) is 31.1 Å². The predicted octanol–water partition coefficient (Wildman–Crippen LogP) is 3.70. The Labute approximate surface area is 157 Å².